The van der Waals surface area contributed by atoms with Crippen LogP contribution in [0.3, 0.4) is 0 Å². The Hall–Kier alpha value is -1.57. The quantitative estimate of drug-likeness (QED) is 0.774. The van der Waals surface area contributed by atoms with Crippen LogP contribution in [0.4, 0.5) is 6.01 Å². The Morgan fingerprint density at radius 3 is 2.81 bits per heavy atom. The summed E-state index contributed by atoms with van der Waals surface area (Å²) in [5.74, 6) is -1.76. The maximum absolute atomic E-state index is 11.4. The number of aromatic nitrogens is 1. The number of unbranched alkanes of at least 4 members (excludes halogenated alkanes) is 1. The summed E-state index contributed by atoms with van der Waals surface area (Å²) in [4.78, 5) is 13.9. The highest BCUT2D eigenvalue weighted by Gasteiger charge is 2.15. The van der Waals surface area contributed by atoms with Gasteiger partial charge in [-0.25, -0.2) is 22.9 Å². The summed E-state index contributed by atoms with van der Waals surface area (Å²) in [6.07, 6.45) is 2.20. The molecule has 1 aromatic heterocycles. The maximum atomic E-state index is 11.4. The lowest BCUT2D eigenvalue weighted by atomic mass is 10.4. The summed E-state index contributed by atoms with van der Waals surface area (Å²) >= 11 is 0. The van der Waals surface area contributed by atoms with Gasteiger partial charge < -0.3 is 9.52 Å². The molecule has 1 rings (SSSR count). The summed E-state index contributed by atoms with van der Waals surface area (Å²) < 4.78 is 29.5. The minimum atomic E-state index is -3.51. The average molecular weight is 248 g/mol. The zero-order chi connectivity index (χ0) is 12.2. The Labute approximate surface area is 92.5 Å². The predicted octanol–water partition coefficient (Wildman–Crippen LogP) is 0.915. The van der Waals surface area contributed by atoms with Gasteiger partial charge in [-0.3, -0.25) is 0 Å². The number of carboxylic acids is 1. The Balaban J connectivity index is 2.69. The van der Waals surface area contributed by atoms with Crippen molar-refractivity contribution >= 4 is 22.0 Å². The van der Waals surface area contributed by atoms with Crippen LogP contribution in [0.15, 0.2) is 10.6 Å². The number of aromatic carboxylic acids is 1. The third-order valence-corrected chi connectivity index (χ3v) is 3.04. The highest BCUT2D eigenvalue weighted by molar-refractivity contribution is 7.92. The number of carboxylic acid groups (broad SMARTS) is 1. The van der Waals surface area contributed by atoms with Gasteiger partial charge in [0.15, 0.2) is 0 Å². The van der Waals surface area contributed by atoms with Crippen molar-refractivity contribution in [2.45, 2.75) is 19.8 Å². The number of sulfonamides is 1. The molecule has 1 aromatic rings. The molecule has 0 bridgehead atoms. The molecule has 0 atom stereocenters. The molecule has 0 unspecified atom stereocenters. The molecule has 90 valence electrons. The van der Waals surface area contributed by atoms with Crippen LogP contribution in [-0.2, 0) is 10.0 Å². The van der Waals surface area contributed by atoms with Crippen LogP contribution in [0.25, 0.3) is 0 Å². The van der Waals surface area contributed by atoms with E-state index in [1.807, 2.05) is 6.92 Å². The van der Waals surface area contributed by atoms with E-state index in [4.69, 9.17) is 5.11 Å². The van der Waals surface area contributed by atoms with Crippen LogP contribution >= 0.6 is 0 Å². The van der Waals surface area contributed by atoms with E-state index in [2.05, 4.69) is 14.1 Å². The highest BCUT2D eigenvalue weighted by Crippen LogP contribution is 2.11. The number of carbonyl (C=O) groups is 1. The second kappa shape index (κ2) is 4.97. The highest BCUT2D eigenvalue weighted by atomic mass is 32.2. The second-order valence-electron chi connectivity index (χ2n) is 3.11. The van der Waals surface area contributed by atoms with E-state index in [1.165, 1.54) is 0 Å². The first kappa shape index (κ1) is 12.5. The number of anilines is 1. The first-order chi connectivity index (χ1) is 7.44. The molecule has 0 saturated carbocycles. The van der Waals surface area contributed by atoms with E-state index in [1.54, 1.807) is 0 Å². The summed E-state index contributed by atoms with van der Waals surface area (Å²) in [5, 5.41) is 8.53. The van der Waals surface area contributed by atoms with Gasteiger partial charge in [-0.05, 0) is 6.42 Å². The van der Waals surface area contributed by atoms with Crippen LogP contribution < -0.4 is 4.72 Å². The van der Waals surface area contributed by atoms with Gasteiger partial charge in [0.25, 0.3) is 0 Å². The molecule has 0 fully saturated rings. The third kappa shape index (κ3) is 3.54. The minimum absolute atomic E-state index is 0.0473. The summed E-state index contributed by atoms with van der Waals surface area (Å²) in [6, 6.07) is -0.325. The van der Waals surface area contributed by atoms with E-state index in [0.29, 0.717) is 6.42 Å². The van der Waals surface area contributed by atoms with E-state index >= 15 is 0 Å². The molecule has 0 saturated heterocycles. The van der Waals surface area contributed by atoms with Crippen LogP contribution in [0.2, 0.25) is 0 Å². The van der Waals surface area contributed by atoms with Gasteiger partial charge in [0.1, 0.15) is 0 Å². The van der Waals surface area contributed by atoms with E-state index in [0.717, 1.165) is 12.6 Å². The lowest BCUT2D eigenvalue weighted by molar-refractivity contribution is 0.0663. The Bertz CT molecular complexity index is 465. The fourth-order valence-corrected chi connectivity index (χ4v) is 2.07. The zero-order valence-corrected chi connectivity index (χ0v) is 9.45. The number of nitrogens with zero attached hydrogens (tertiary/aromatic N) is 1. The fraction of sp³-hybridized carbons (Fsp3) is 0.500. The van der Waals surface area contributed by atoms with E-state index in [-0.39, 0.29) is 11.8 Å². The van der Waals surface area contributed by atoms with E-state index < -0.39 is 21.8 Å². The van der Waals surface area contributed by atoms with Gasteiger partial charge in [0.2, 0.25) is 15.8 Å². The van der Waals surface area contributed by atoms with Crippen molar-refractivity contribution in [1.82, 2.24) is 4.98 Å². The largest absolute Gasteiger partial charge is 0.475 e. The lowest BCUT2D eigenvalue weighted by Gasteiger charge is -2.02. The lowest BCUT2D eigenvalue weighted by Crippen LogP contribution is -2.16. The van der Waals surface area contributed by atoms with Crippen LogP contribution in [-0.4, -0.2) is 30.2 Å². The standard InChI is InChI=1S/C8H12N2O5S/c1-2-3-4-16(13,14)10-8-9-5-6(15-8)7(11)12/h5H,2-4H2,1H3,(H,9,10)(H,11,12). The summed E-state index contributed by atoms with van der Waals surface area (Å²) in [6.45, 7) is 1.86. The molecular formula is C8H12N2O5S. The number of hydrogen-bond acceptors (Lipinski definition) is 5. The van der Waals surface area contributed by atoms with Crippen molar-refractivity contribution in [3.8, 4) is 0 Å². The number of hydrogen-bond donors (Lipinski definition) is 2. The molecule has 0 aromatic carbocycles. The number of rotatable bonds is 6. The van der Waals surface area contributed by atoms with Gasteiger partial charge in [0, 0.05) is 0 Å². The van der Waals surface area contributed by atoms with Crippen LogP contribution in [0.5, 0.6) is 0 Å². The Morgan fingerprint density at radius 2 is 2.31 bits per heavy atom. The average Bonchev–Trinajstić information content (AvgIpc) is 2.62. The zero-order valence-electron chi connectivity index (χ0n) is 8.63. The van der Waals surface area contributed by atoms with Gasteiger partial charge in [-0.1, -0.05) is 13.3 Å². The number of nitrogens with one attached hydrogen (secondary N) is 1. The van der Waals surface area contributed by atoms with Crippen LogP contribution in [0, 0.1) is 0 Å². The molecule has 8 heteroatoms. The van der Waals surface area contributed by atoms with Gasteiger partial charge in [0.05, 0.1) is 11.9 Å². The van der Waals surface area contributed by atoms with Crippen molar-refractivity contribution < 1.29 is 22.7 Å². The topological polar surface area (TPSA) is 110 Å². The molecule has 0 aliphatic carbocycles. The third-order valence-electron chi connectivity index (χ3n) is 1.73. The molecule has 0 amide bonds. The molecule has 16 heavy (non-hydrogen) atoms. The maximum Gasteiger partial charge on any atom is 0.373 e. The monoisotopic (exact) mass is 248 g/mol. The molecule has 2 N–H and O–H groups in total. The number of oxazole rings is 1. The van der Waals surface area contributed by atoms with Crippen molar-refractivity contribution in [3.05, 3.63) is 12.0 Å². The first-order valence-corrected chi connectivity index (χ1v) is 6.29. The first-order valence-electron chi connectivity index (χ1n) is 4.64. The SMILES string of the molecule is CCCCS(=O)(=O)Nc1ncc(C(=O)O)o1. The van der Waals surface area contributed by atoms with E-state index in [9.17, 15) is 13.2 Å². The predicted molar refractivity (Wildman–Crippen MR) is 55.8 cm³/mol. The van der Waals surface area contributed by atoms with Crippen molar-refractivity contribution in [1.29, 1.82) is 0 Å². The van der Waals surface area contributed by atoms with Crippen molar-refractivity contribution in [2.75, 3.05) is 10.5 Å². The Morgan fingerprint density at radius 1 is 1.62 bits per heavy atom. The molecule has 0 radical (unpaired) electrons. The fourth-order valence-electron chi connectivity index (χ4n) is 0.939. The van der Waals surface area contributed by atoms with Crippen molar-refractivity contribution in [3.63, 3.8) is 0 Å². The minimum Gasteiger partial charge on any atom is -0.475 e. The van der Waals surface area contributed by atoms with Crippen LogP contribution in [0.1, 0.15) is 30.3 Å². The van der Waals surface area contributed by atoms with Gasteiger partial charge >= 0.3 is 12.0 Å². The molecule has 0 aliphatic rings. The van der Waals surface area contributed by atoms with Crippen molar-refractivity contribution in [2.24, 2.45) is 0 Å². The van der Waals surface area contributed by atoms with Gasteiger partial charge in [-0.15, -0.1) is 0 Å². The summed E-state index contributed by atoms with van der Waals surface area (Å²) in [7, 11) is -3.51. The smallest absolute Gasteiger partial charge is 0.373 e. The Kier molecular flexibility index (Phi) is 3.88. The molecule has 0 aliphatic heterocycles. The molecule has 7 nitrogen and oxygen atoms in total. The molecule has 0 spiro atoms. The second-order valence-corrected chi connectivity index (χ2v) is 4.95. The van der Waals surface area contributed by atoms with Gasteiger partial charge in [-0.2, -0.15) is 0 Å². The molecular weight excluding hydrogens is 236 g/mol. The normalized spacial score (nSPS) is 11.3. The summed E-state index contributed by atoms with van der Waals surface area (Å²) in [5.41, 5.74) is 0. The molecule has 1 heterocycles.